The molecule has 0 aliphatic heterocycles. The molecule has 0 bridgehead atoms. The number of nitrogens with zero attached hydrogens (tertiary/aromatic N) is 3. The average molecular weight is 279 g/mol. The molecule has 2 radical (unpaired) electrons. The van der Waals surface area contributed by atoms with E-state index in [0.717, 1.165) is 0 Å². The molecule has 0 saturated carbocycles. The first-order valence-electron chi connectivity index (χ1n) is 6.55. The van der Waals surface area contributed by atoms with Gasteiger partial charge in [0.25, 0.3) is 0 Å². The molecule has 0 aliphatic rings. The third-order valence-electron chi connectivity index (χ3n) is 2.92. The van der Waals surface area contributed by atoms with E-state index in [-0.39, 0.29) is 6.44 Å². The molecule has 2 aromatic rings. The van der Waals surface area contributed by atoms with Crippen molar-refractivity contribution in [2.45, 2.75) is 0 Å². The van der Waals surface area contributed by atoms with Gasteiger partial charge in [-0.25, -0.2) is 0 Å². The summed E-state index contributed by atoms with van der Waals surface area (Å²) >= 11 is 0. The fourth-order valence-electron chi connectivity index (χ4n) is 1.89. The van der Waals surface area contributed by atoms with Crippen LogP contribution in [0.4, 0.5) is 0 Å². The molecular weight excluding hydrogens is 269 g/mol. The zero-order valence-corrected chi connectivity index (χ0v) is 11.7. The third kappa shape index (κ3) is 3.43. The van der Waals surface area contributed by atoms with E-state index in [4.69, 9.17) is 13.1 Å². The number of nitriles is 2. The van der Waals surface area contributed by atoms with Crippen LogP contribution >= 0.6 is 0 Å². The normalized spacial score (nSPS) is 10.0. The largest absolute Gasteiger partial charge is 0.285 e. The fraction of sp³-hybridized carbons (Fsp3) is 0.0556. The topological polar surface area (TPSA) is 59.9 Å². The van der Waals surface area contributed by atoms with Crippen LogP contribution in [-0.2, 0) is 0 Å². The second-order valence-corrected chi connectivity index (χ2v) is 4.25. The molecule has 0 spiro atoms. The number of aliphatic imine (C=N–C) groups is 1. The van der Waals surface area contributed by atoms with E-state index in [1.807, 2.05) is 12.1 Å². The van der Waals surface area contributed by atoms with Gasteiger partial charge in [0.05, 0.1) is 25.0 Å². The molecular formula is C18H10BN3. The lowest BCUT2D eigenvalue weighted by Crippen LogP contribution is -2.02. The Morgan fingerprint density at radius 3 is 2.14 bits per heavy atom. The Hall–Kier alpha value is -3.29. The highest BCUT2D eigenvalue weighted by Gasteiger charge is 2.06. The van der Waals surface area contributed by atoms with Gasteiger partial charge in [-0.05, 0) is 24.1 Å². The van der Waals surface area contributed by atoms with Crippen molar-refractivity contribution < 1.29 is 0 Å². The number of hydrogen-bond acceptors (Lipinski definition) is 3. The Kier molecular flexibility index (Phi) is 5.14. The first-order chi connectivity index (χ1) is 10.8. The van der Waals surface area contributed by atoms with E-state index >= 15 is 0 Å². The summed E-state index contributed by atoms with van der Waals surface area (Å²) in [5.41, 5.74) is 2.67. The summed E-state index contributed by atoms with van der Waals surface area (Å²) in [6, 6.07) is 18.3. The Morgan fingerprint density at radius 2 is 1.50 bits per heavy atom. The first kappa shape index (κ1) is 15.1. The molecule has 2 aromatic carbocycles. The molecule has 0 amide bonds. The maximum Gasteiger partial charge on any atom is 0.115 e. The van der Waals surface area contributed by atoms with E-state index in [2.05, 4.69) is 29.0 Å². The zero-order valence-electron chi connectivity index (χ0n) is 11.7. The summed E-state index contributed by atoms with van der Waals surface area (Å²) in [6.45, 7) is 0. The first-order valence-corrected chi connectivity index (χ1v) is 6.55. The molecule has 0 atom stereocenters. The Balaban J connectivity index is 2.49. The number of rotatable bonds is 2. The minimum Gasteiger partial charge on any atom is -0.285 e. The van der Waals surface area contributed by atoms with Gasteiger partial charge in [-0.15, -0.1) is 0 Å². The van der Waals surface area contributed by atoms with Crippen LogP contribution in [0.15, 0.2) is 53.5 Å². The van der Waals surface area contributed by atoms with Gasteiger partial charge in [-0.1, -0.05) is 36.3 Å². The molecule has 0 fully saturated rings. The van der Waals surface area contributed by atoms with Crippen molar-refractivity contribution in [1.29, 1.82) is 10.5 Å². The van der Waals surface area contributed by atoms with Gasteiger partial charge in [0.1, 0.15) is 11.8 Å². The quantitative estimate of drug-likeness (QED) is 0.481. The minimum atomic E-state index is 0.0731. The standard InChI is InChI=1S/C18H10BN3/c19-13-22-18(17-8-4-3-7-16(17)12-21)10-9-14-5-1-2-6-15(14)11-20/h1-8H,13H2/b22-18+. The zero-order chi connectivity index (χ0) is 15.8. The van der Waals surface area contributed by atoms with E-state index in [1.54, 1.807) is 36.4 Å². The van der Waals surface area contributed by atoms with Crippen molar-refractivity contribution in [3.8, 4) is 24.0 Å². The van der Waals surface area contributed by atoms with Crippen LogP contribution in [0.5, 0.6) is 0 Å². The predicted octanol–water partition coefficient (Wildman–Crippen LogP) is 2.40. The van der Waals surface area contributed by atoms with Gasteiger partial charge in [-0.3, -0.25) is 4.99 Å². The van der Waals surface area contributed by atoms with Crippen molar-refractivity contribution in [1.82, 2.24) is 0 Å². The smallest absolute Gasteiger partial charge is 0.115 e. The summed E-state index contributed by atoms with van der Waals surface area (Å²) < 4.78 is 0. The van der Waals surface area contributed by atoms with Crippen LogP contribution in [0.2, 0.25) is 0 Å². The van der Waals surface area contributed by atoms with Crippen molar-refractivity contribution >= 4 is 13.6 Å². The summed E-state index contributed by atoms with van der Waals surface area (Å²) in [6.07, 6.45) is 0.0731. The van der Waals surface area contributed by atoms with Crippen LogP contribution < -0.4 is 0 Å². The van der Waals surface area contributed by atoms with E-state index < -0.39 is 0 Å². The molecule has 0 aromatic heterocycles. The fourth-order valence-corrected chi connectivity index (χ4v) is 1.89. The van der Waals surface area contributed by atoms with Crippen LogP contribution in [-0.4, -0.2) is 20.0 Å². The lowest BCUT2D eigenvalue weighted by molar-refractivity contribution is 1.36. The molecule has 3 nitrogen and oxygen atoms in total. The molecule has 0 N–H and O–H groups in total. The van der Waals surface area contributed by atoms with Gasteiger partial charge < -0.3 is 0 Å². The highest BCUT2D eigenvalue weighted by atomic mass is 14.7. The molecule has 0 unspecified atom stereocenters. The van der Waals surface area contributed by atoms with Crippen LogP contribution in [0.25, 0.3) is 0 Å². The summed E-state index contributed by atoms with van der Waals surface area (Å²) in [7, 11) is 5.49. The van der Waals surface area contributed by atoms with Crippen molar-refractivity contribution in [3.05, 3.63) is 70.8 Å². The van der Waals surface area contributed by atoms with Crippen LogP contribution in [0, 0.1) is 34.5 Å². The second-order valence-electron chi connectivity index (χ2n) is 4.25. The summed E-state index contributed by atoms with van der Waals surface area (Å²) in [5.74, 6) is 5.85. The summed E-state index contributed by atoms with van der Waals surface area (Å²) in [5, 5.41) is 18.3. The van der Waals surface area contributed by atoms with E-state index in [9.17, 15) is 5.26 Å². The second kappa shape index (κ2) is 7.48. The maximum atomic E-state index is 9.18. The van der Waals surface area contributed by atoms with Gasteiger partial charge in [0.15, 0.2) is 0 Å². The molecule has 4 heteroatoms. The van der Waals surface area contributed by atoms with Gasteiger partial charge in [0.2, 0.25) is 0 Å². The van der Waals surface area contributed by atoms with E-state index in [1.165, 1.54) is 0 Å². The lowest BCUT2D eigenvalue weighted by atomic mass is 10.0. The van der Waals surface area contributed by atoms with Crippen molar-refractivity contribution in [3.63, 3.8) is 0 Å². The monoisotopic (exact) mass is 279 g/mol. The predicted molar refractivity (Wildman–Crippen MR) is 86.4 cm³/mol. The van der Waals surface area contributed by atoms with Gasteiger partial charge >= 0.3 is 0 Å². The number of hydrogen-bond donors (Lipinski definition) is 0. The molecule has 2 rings (SSSR count). The van der Waals surface area contributed by atoms with Crippen molar-refractivity contribution in [2.75, 3.05) is 6.44 Å². The Morgan fingerprint density at radius 1 is 0.909 bits per heavy atom. The summed E-state index contributed by atoms with van der Waals surface area (Å²) in [4.78, 5) is 4.16. The van der Waals surface area contributed by atoms with Gasteiger partial charge in [0, 0.05) is 17.6 Å². The Bertz CT molecular complexity index is 858. The van der Waals surface area contributed by atoms with Crippen molar-refractivity contribution in [2.24, 2.45) is 4.99 Å². The highest BCUT2D eigenvalue weighted by molar-refractivity contribution is 6.17. The van der Waals surface area contributed by atoms with Gasteiger partial charge in [-0.2, -0.15) is 10.5 Å². The maximum absolute atomic E-state index is 9.18. The molecule has 22 heavy (non-hydrogen) atoms. The lowest BCUT2D eigenvalue weighted by Gasteiger charge is -2.02. The molecule has 100 valence electrons. The number of benzene rings is 2. The Labute approximate surface area is 131 Å². The molecule has 0 aliphatic carbocycles. The molecule has 0 saturated heterocycles. The molecule has 0 heterocycles. The van der Waals surface area contributed by atoms with Crippen LogP contribution in [0.3, 0.4) is 0 Å². The minimum absolute atomic E-state index is 0.0731. The highest BCUT2D eigenvalue weighted by Crippen LogP contribution is 2.10. The average Bonchev–Trinajstić information content (AvgIpc) is 2.58. The SMILES string of the molecule is [B]C/N=C(\C#Cc1ccccc1C#N)c1ccccc1C#N. The van der Waals surface area contributed by atoms with Crippen LogP contribution in [0.1, 0.15) is 22.3 Å². The van der Waals surface area contributed by atoms with E-state index in [0.29, 0.717) is 28.0 Å². The third-order valence-corrected chi connectivity index (χ3v) is 2.92.